The minimum Gasteiger partial charge on any atom is -0.272 e. The van der Waals surface area contributed by atoms with Crippen molar-refractivity contribution < 1.29 is 18.0 Å². The van der Waals surface area contributed by atoms with E-state index in [0.29, 0.717) is 5.69 Å². The second-order valence-corrected chi connectivity index (χ2v) is 5.10. The highest BCUT2D eigenvalue weighted by molar-refractivity contribution is 6.17. The Labute approximate surface area is 115 Å². The first-order valence-corrected chi connectivity index (χ1v) is 6.20. The van der Waals surface area contributed by atoms with E-state index in [-0.39, 0.29) is 0 Å². The topological polar surface area (TPSA) is 32.7 Å². The van der Waals surface area contributed by atoms with Crippen LogP contribution in [-0.2, 0) is 4.79 Å². The molecule has 0 aliphatic carbocycles. The molecule has 1 aromatic rings. The molecular weight excluding hydrogens is 269 g/mol. The highest BCUT2D eigenvalue weighted by Gasteiger charge is 2.48. The maximum Gasteiger partial charge on any atom is 0.432 e. The van der Waals surface area contributed by atoms with Crippen LogP contribution in [0.5, 0.6) is 0 Å². The number of benzene rings is 1. The molecule has 3 nitrogen and oxygen atoms in total. The van der Waals surface area contributed by atoms with Gasteiger partial charge in [0, 0.05) is 0 Å². The largest absolute Gasteiger partial charge is 0.432 e. The van der Waals surface area contributed by atoms with Crippen molar-refractivity contribution in [3.05, 3.63) is 28.8 Å². The van der Waals surface area contributed by atoms with Crippen LogP contribution in [0.2, 0.25) is 0 Å². The van der Waals surface area contributed by atoms with E-state index in [2.05, 4.69) is 5.10 Å². The fourth-order valence-corrected chi connectivity index (χ4v) is 2.51. The van der Waals surface area contributed by atoms with Crippen LogP contribution < -0.4 is 5.01 Å². The summed E-state index contributed by atoms with van der Waals surface area (Å²) < 4.78 is 38.5. The number of aryl methyl sites for hydroxylation is 3. The third-order valence-electron chi connectivity index (χ3n) is 3.33. The normalized spacial score (nSPS) is 19.6. The van der Waals surface area contributed by atoms with Crippen LogP contribution in [0.3, 0.4) is 0 Å². The van der Waals surface area contributed by atoms with Crippen LogP contribution in [0.1, 0.15) is 23.6 Å². The molecule has 1 heterocycles. The molecule has 1 atom stereocenters. The van der Waals surface area contributed by atoms with Gasteiger partial charge in [0.05, 0.1) is 11.6 Å². The Hall–Kier alpha value is -1.85. The Morgan fingerprint density at radius 2 is 1.65 bits per heavy atom. The lowest BCUT2D eigenvalue weighted by atomic mass is 10.0. The van der Waals surface area contributed by atoms with Gasteiger partial charge in [-0.15, -0.1) is 0 Å². The lowest BCUT2D eigenvalue weighted by Crippen LogP contribution is -2.31. The zero-order valence-electron chi connectivity index (χ0n) is 11.7. The predicted molar refractivity (Wildman–Crippen MR) is 70.8 cm³/mol. The van der Waals surface area contributed by atoms with E-state index >= 15 is 0 Å². The smallest absolute Gasteiger partial charge is 0.272 e. The van der Waals surface area contributed by atoms with Gasteiger partial charge in [-0.05, 0) is 38.8 Å². The van der Waals surface area contributed by atoms with Crippen molar-refractivity contribution in [1.29, 1.82) is 0 Å². The number of carbonyl (C=O) groups is 1. The molecule has 0 saturated heterocycles. The highest BCUT2D eigenvalue weighted by atomic mass is 19.4. The van der Waals surface area contributed by atoms with Crippen LogP contribution in [0, 0.1) is 26.7 Å². The summed E-state index contributed by atoms with van der Waals surface area (Å²) in [6.45, 7) is 6.64. The molecule has 1 aliphatic rings. The first-order chi connectivity index (χ1) is 9.12. The molecule has 0 spiro atoms. The quantitative estimate of drug-likeness (QED) is 0.776. The summed E-state index contributed by atoms with van der Waals surface area (Å²) in [6, 6.07) is 3.64. The number of halogens is 3. The summed E-state index contributed by atoms with van der Waals surface area (Å²) in [5.74, 6) is -1.91. The van der Waals surface area contributed by atoms with Crippen molar-refractivity contribution in [2.75, 3.05) is 5.01 Å². The number of hydrogen-bond donors (Lipinski definition) is 0. The number of amides is 1. The summed E-state index contributed by atoms with van der Waals surface area (Å²) >= 11 is 0. The third-order valence-corrected chi connectivity index (χ3v) is 3.33. The van der Waals surface area contributed by atoms with E-state index in [1.54, 1.807) is 13.8 Å². The lowest BCUT2D eigenvalue weighted by Gasteiger charge is -2.18. The number of alkyl halides is 3. The third kappa shape index (κ3) is 2.30. The number of hydrazone groups is 1. The number of carbonyl (C=O) groups excluding carboxylic acids is 1. The van der Waals surface area contributed by atoms with Gasteiger partial charge in [-0.1, -0.05) is 17.7 Å². The van der Waals surface area contributed by atoms with Crippen molar-refractivity contribution in [2.24, 2.45) is 11.0 Å². The predicted octanol–water partition coefficient (Wildman–Crippen LogP) is 3.51. The number of anilines is 1. The summed E-state index contributed by atoms with van der Waals surface area (Å²) in [7, 11) is 0. The van der Waals surface area contributed by atoms with Crippen LogP contribution >= 0.6 is 0 Å². The van der Waals surface area contributed by atoms with Gasteiger partial charge in [0.25, 0.3) is 5.91 Å². The maximum atomic E-state index is 12.8. The highest BCUT2D eigenvalue weighted by Crippen LogP contribution is 2.35. The monoisotopic (exact) mass is 284 g/mol. The molecule has 2 rings (SSSR count). The standard InChI is InChI=1S/C14H15F3N2O/c1-7-5-8(2)11(9(3)6-7)19-13(20)10(4)12(18-19)14(15,16)17/h5-6,10H,1-4H3. The van der Waals surface area contributed by atoms with Crippen LogP contribution in [-0.4, -0.2) is 17.8 Å². The zero-order chi connectivity index (χ0) is 15.2. The van der Waals surface area contributed by atoms with Crippen LogP contribution in [0.4, 0.5) is 18.9 Å². The zero-order valence-corrected chi connectivity index (χ0v) is 11.7. The van der Waals surface area contributed by atoms with Gasteiger partial charge in [-0.25, -0.2) is 0 Å². The minimum absolute atomic E-state index is 0.437. The molecule has 20 heavy (non-hydrogen) atoms. The van der Waals surface area contributed by atoms with E-state index < -0.39 is 23.7 Å². The molecule has 0 aromatic heterocycles. The molecule has 0 bridgehead atoms. The first kappa shape index (κ1) is 14.6. The van der Waals surface area contributed by atoms with Crippen molar-refractivity contribution in [1.82, 2.24) is 0 Å². The van der Waals surface area contributed by atoms with E-state index in [0.717, 1.165) is 21.7 Å². The molecule has 0 saturated carbocycles. The number of rotatable bonds is 1. The van der Waals surface area contributed by atoms with Gasteiger partial charge in [0.1, 0.15) is 0 Å². The maximum absolute atomic E-state index is 12.8. The van der Waals surface area contributed by atoms with Gasteiger partial charge in [0.2, 0.25) is 0 Å². The van der Waals surface area contributed by atoms with Gasteiger partial charge in [-0.2, -0.15) is 23.3 Å². The van der Waals surface area contributed by atoms with Gasteiger partial charge in [-0.3, -0.25) is 4.79 Å². The summed E-state index contributed by atoms with van der Waals surface area (Å²) in [4.78, 5) is 12.1. The Kier molecular flexibility index (Phi) is 3.36. The fourth-order valence-electron chi connectivity index (χ4n) is 2.51. The van der Waals surface area contributed by atoms with Gasteiger partial charge >= 0.3 is 6.18 Å². The van der Waals surface area contributed by atoms with Crippen molar-refractivity contribution in [3.8, 4) is 0 Å². The van der Waals surface area contributed by atoms with E-state index in [1.165, 1.54) is 6.92 Å². The Morgan fingerprint density at radius 3 is 2.05 bits per heavy atom. The summed E-state index contributed by atoms with van der Waals surface area (Å²) in [6.07, 6.45) is -4.59. The Balaban J connectivity index is 2.55. The second kappa shape index (κ2) is 4.61. The summed E-state index contributed by atoms with van der Waals surface area (Å²) in [5, 5.41) is 4.40. The molecule has 0 fully saturated rings. The van der Waals surface area contributed by atoms with E-state index in [4.69, 9.17) is 0 Å². The average molecular weight is 284 g/mol. The minimum atomic E-state index is -4.59. The fraction of sp³-hybridized carbons (Fsp3) is 0.429. The molecule has 6 heteroatoms. The Bertz CT molecular complexity index is 582. The Morgan fingerprint density at radius 1 is 1.15 bits per heavy atom. The molecule has 1 unspecified atom stereocenters. The van der Waals surface area contributed by atoms with Crippen molar-refractivity contribution >= 4 is 17.3 Å². The van der Waals surface area contributed by atoms with Gasteiger partial charge in [0.15, 0.2) is 5.71 Å². The van der Waals surface area contributed by atoms with Crippen LogP contribution in [0.25, 0.3) is 0 Å². The molecule has 1 aliphatic heterocycles. The first-order valence-electron chi connectivity index (χ1n) is 6.20. The van der Waals surface area contributed by atoms with E-state index in [9.17, 15) is 18.0 Å². The van der Waals surface area contributed by atoms with Crippen LogP contribution in [0.15, 0.2) is 17.2 Å². The number of nitrogens with zero attached hydrogens (tertiary/aromatic N) is 2. The molecule has 0 radical (unpaired) electrons. The van der Waals surface area contributed by atoms with Gasteiger partial charge < -0.3 is 0 Å². The summed E-state index contributed by atoms with van der Waals surface area (Å²) in [5.41, 5.74) is 1.85. The molecular formula is C14H15F3N2O. The molecule has 108 valence electrons. The molecule has 1 amide bonds. The molecule has 0 N–H and O–H groups in total. The lowest BCUT2D eigenvalue weighted by molar-refractivity contribution is -0.120. The van der Waals surface area contributed by atoms with Crippen molar-refractivity contribution in [3.63, 3.8) is 0 Å². The SMILES string of the molecule is Cc1cc(C)c(N2N=C(C(F)(F)F)C(C)C2=O)c(C)c1. The average Bonchev–Trinajstić information content (AvgIpc) is 2.55. The second-order valence-electron chi connectivity index (χ2n) is 5.10. The van der Waals surface area contributed by atoms with Crippen molar-refractivity contribution in [2.45, 2.75) is 33.9 Å². The number of hydrogen-bond acceptors (Lipinski definition) is 2. The molecule has 1 aromatic carbocycles. The van der Waals surface area contributed by atoms with E-state index in [1.807, 2.05) is 19.1 Å².